The number of aromatic nitrogens is 4. The van der Waals surface area contributed by atoms with Crippen molar-refractivity contribution in [3.05, 3.63) is 71.0 Å². The summed E-state index contributed by atoms with van der Waals surface area (Å²) in [6.45, 7) is 15.8. The van der Waals surface area contributed by atoms with E-state index < -0.39 is 21.3 Å². The van der Waals surface area contributed by atoms with Gasteiger partial charge in [-0.2, -0.15) is 0 Å². The Morgan fingerprint density at radius 2 is 1.02 bits per heavy atom. The van der Waals surface area contributed by atoms with E-state index in [4.69, 9.17) is 19.9 Å². The van der Waals surface area contributed by atoms with E-state index in [0.29, 0.717) is 5.54 Å². The fourth-order valence-corrected chi connectivity index (χ4v) is 25.5. The van der Waals surface area contributed by atoms with Crippen molar-refractivity contribution < 1.29 is 0 Å². The quantitative estimate of drug-likeness (QED) is 0.191. The lowest BCUT2D eigenvalue weighted by Crippen LogP contribution is -2.53. The van der Waals surface area contributed by atoms with Gasteiger partial charge in [0.05, 0.1) is 16.1 Å². The molecule has 0 aliphatic heterocycles. The van der Waals surface area contributed by atoms with Gasteiger partial charge in [0, 0.05) is 24.8 Å². The van der Waals surface area contributed by atoms with Crippen molar-refractivity contribution >= 4 is 33.3 Å². The monoisotopic (exact) mass is 726 g/mol. The fourth-order valence-electron chi connectivity index (χ4n) is 13.6. The first-order valence-corrected chi connectivity index (χ1v) is 29.3. The van der Waals surface area contributed by atoms with Crippen LogP contribution in [0, 0.1) is 47.3 Å². The lowest BCUT2D eigenvalue weighted by molar-refractivity contribution is 0.0131. The maximum Gasteiger partial charge on any atom is 0.150 e. The number of hydrogen-bond acceptors (Lipinski definition) is 4. The van der Waals surface area contributed by atoms with Crippen LogP contribution < -0.4 is 0 Å². The van der Waals surface area contributed by atoms with Gasteiger partial charge in [-0.3, -0.25) is 0 Å². The SMILES string of the molecule is C[Si](C)(C)C1=C(CP(C2C3CC4CC(C3)CC2C4)C2C3CC4CC(C3)CC2C4)C(C(P)(c2ncccn2)c2ncccn2)=CC1[Si](C)(C)C. The zero-order valence-corrected chi connectivity index (χ0v) is 35.0. The molecule has 8 bridgehead atoms. The molecule has 262 valence electrons. The van der Waals surface area contributed by atoms with E-state index in [2.05, 4.69) is 54.6 Å². The van der Waals surface area contributed by atoms with Crippen LogP contribution in [0.1, 0.15) is 75.9 Å². The number of allylic oxidation sites excluding steroid dienone is 4. The highest BCUT2D eigenvalue weighted by molar-refractivity contribution is 7.59. The molecule has 2 atom stereocenters. The largest absolute Gasteiger partial charge is 0.240 e. The smallest absolute Gasteiger partial charge is 0.150 e. The van der Waals surface area contributed by atoms with Crippen molar-refractivity contribution in [1.29, 1.82) is 0 Å². The van der Waals surface area contributed by atoms with Gasteiger partial charge in [0.25, 0.3) is 0 Å². The summed E-state index contributed by atoms with van der Waals surface area (Å²) in [5.74, 6) is 9.78. The van der Waals surface area contributed by atoms with Gasteiger partial charge in [0.1, 0.15) is 16.8 Å². The van der Waals surface area contributed by atoms with E-state index >= 15 is 0 Å². The van der Waals surface area contributed by atoms with Crippen molar-refractivity contribution in [3.8, 4) is 0 Å². The molecule has 2 heterocycles. The number of hydrogen-bond donors (Lipinski definition) is 0. The standard InChI is InChI=1S/C41H60N4P2Si2/c1-48(2,3)35-23-34(41(46,39-42-9-7-10-43-39)40-44-11-8-12-45-40)33(38(35)49(4,5)6)24-47(36-29-15-25-13-26(17-29)18-30(36)16-25)37-31-19-27-14-28(21-31)22-32(37)20-27/h7-12,23,25-32,35-37H,13-22,24,46H2,1-6H3. The maximum atomic E-state index is 5.01. The summed E-state index contributed by atoms with van der Waals surface area (Å²) in [6.07, 6.45) is 27.3. The summed E-state index contributed by atoms with van der Waals surface area (Å²) >= 11 is 0. The van der Waals surface area contributed by atoms with Gasteiger partial charge in [-0.05, 0) is 158 Å². The van der Waals surface area contributed by atoms with E-state index in [1.807, 2.05) is 42.1 Å². The van der Waals surface area contributed by atoms with Crippen LogP contribution in [0.25, 0.3) is 0 Å². The highest BCUT2D eigenvalue weighted by atomic mass is 31.1. The first-order valence-electron chi connectivity index (χ1n) is 19.9. The Kier molecular flexibility index (Phi) is 8.43. The van der Waals surface area contributed by atoms with Crippen LogP contribution in [0.15, 0.2) is 59.3 Å². The predicted octanol–water partition coefficient (Wildman–Crippen LogP) is 10.3. The van der Waals surface area contributed by atoms with Crippen LogP contribution in [0.2, 0.25) is 44.8 Å². The Bertz CT molecular complexity index is 1490. The van der Waals surface area contributed by atoms with Gasteiger partial charge in [0.15, 0.2) is 0 Å². The second kappa shape index (κ2) is 12.2. The molecular weight excluding hydrogens is 667 g/mol. The summed E-state index contributed by atoms with van der Waals surface area (Å²) in [7, 11) is -0.221. The van der Waals surface area contributed by atoms with Crippen molar-refractivity contribution in [2.24, 2.45) is 47.3 Å². The topological polar surface area (TPSA) is 51.6 Å². The lowest BCUT2D eigenvalue weighted by Gasteiger charge is -2.62. The average molecular weight is 727 g/mol. The Morgan fingerprint density at radius 3 is 1.37 bits per heavy atom. The molecule has 0 spiro atoms. The minimum atomic E-state index is -1.73. The van der Waals surface area contributed by atoms with Crippen LogP contribution in [-0.4, -0.2) is 53.6 Å². The molecule has 11 rings (SSSR count). The van der Waals surface area contributed by atoms with Crippen LogP contribution in [0.4, 0.5) is 0 Å². The molecule has 8 heteroatoms. The lowest BCUT2D eigenvalue weighted by atomic mass is 9.55. The Labute approximate surface area is 302 Å². The van der Waals surface area contributed by atoms with Gasteiger partial charge in [0.2, 0.25) is 0 Å². The third kappa shape index (κ3) is 5.70. The summed E-state index contributed by atoms with van der Waals surface area (Å²) in [5, 5.41) is 1.22. The molecule has 49 heavy (non-hydrogen) atoms. The van der Waals surface area contributed by atoms with E-state index in [0.717, 1.165) is 70.3 Å². The molecule has 9 aliphatic carbocycles. The van der Waals surface area contributed by atoms with Crippen LogP contribution in [0.5, 0.6) is 0 Å². The molecule has 2 aromatic rings. The van der Waals surface area contributed by atoms with Crippen LogP contribution in [-0.2, 0) is 5.16 Å². The predicted molar refractivity (Wildman–Crippen MR) is 214 cm³/mol. The third-order valence-corrected chi connectivity index (χ3v) is 24.3. The molecule has 2 unspecified atom stereocenters. The normalized spacial score (nSPS) is 38.8. The van der Waals surface area contributed by atoms with Gasteiger partial charge in [-0.1, -0.05) is 58.5 Å². The fraction of sp³-hybridized carbons (Fsp3) is 0.707. The second-order valence-electron chi connectivity index (χ2n) is 20.0. The van der Waals surface area contributed by atoms with E-state index in [1.165, 1.54) is 11.7 Å². The molecule has 0 saturated heterocycles. The number of nitrogens with zero attached hydrogens (tertiary/aromatic N) is 4. The van der Waals surface area contributed by atoms with Crippen molar-refractivity contribution in [2.75, 3.05) is 6.16 Å². The zero-order valence-electron chi connectivity index (χ0n) is 31.0. The molecule has 0 N–H and O–H groups in total. The van der Waals surface area contributed by atoms with E-state index in [-0.39, 0.29) is 7.92 Å². The van der Waals surface area contributed by atoms with E-state index in [1.54, 1.807) is 69.8 Å². The second-order valence-corrected chi connectivity index (χ2v) is 33.8. The maximum absolute atomic E-state index is 5.01. The van der Waals surface area contributed by atoms with Crippen molar-refractivity contribution in [1.82, 2.24) is 19.9 Å². The summed E-state index contributed by atoms with van der Waals surface area (Å²) < 4.78 is 0. The highest BCUT2D eigenvalue weighted by Gasteiger charge is 2.58. The van der Waals surface area contributed by atoms with Gasteiger partial charge in [-0.15, -0.1) is 9.24 Å². The van der Waals surface area contributed by atoms with Crippen molar-refractivity contribution in [2.45, 2.75) is 126 Å². The van der Waals surface area contributed by atoms with Crippen LogP contribution in [0.3, 0.4) is 0 Å². The molecule has 2 aromatic heterocycles. The van der Waals surface area contributed by atoms with Crippen LogP contribution >= 0.6 is 17.2 Å². The average Bonchev–Trinajstić information content (AvgIpc) is 3.45. The first-order chi connectivity index (χ1) is 23.4. The van der Waals surface area contributed by atoms with Crippen molar-refractivity contribution in [3.63, 3.8) is 0 Å². The molecule has 9 aliphatic rings. The minimum Gasteiger partial charge on any atom is -0.240 e. The summed E-state index contributed by atoms with van der Waals surface area (Å²) in [5.41, 5.74) is 5.71. The molecule has 8 saturated carbocycles. The Balaban J connectivity index is 1.23. The molecule has 0 aromatic carbocycles. The molecular formula is C41H60N4P2Si2. The third-order valence-electron chi connectivity index (χ3n) is 14.8. The Hall–Kier alpha value is -1.07. The summed E-state index contributed by atoms with van der Waals surface area (Å²) in [4.78, 5) is 20.0. The zero-order chi connectivity index (χ0) is 33.9. The number of rotatable bonds is 9. The molecule has 0 radical (unpaired) electrons. The molecule has 8 fully saturated rings. The van der Waals surface area contributed by atoms with Gasteiger partial charge in [-0.25, -0.2) is 19.9 Å². The highest BCUT2D eigenvalue weighted by Crippen LogP contribution is 2.72. The summed E-state index contributed by atoms with van der Waals surface area (Å²) in [6, 6.07) is 3.91. The minimum absolute atomic E-state index is 0.164. The van der Waals surface area contributed by atoms with Gasteiger partial charge < -0.3 is 0 Å². The first kappa shape index (κ1) is 33.7. The van der Waals surface area contributed by atoms with Gasteiger partial charge >= 0.3 is 0 Å². The molecule has 0 amide bonds. The molecule has 4 nitrogen and oxygen atoms in total. The van der Waals surface area contributed by atoms with E-state index in [9.17, 15) is 0 Å². The Morgan fingerprint density at radius 1 is 0.633 bits per heavy atom.